The smallest absolute Gasteiger partial charge is 0.274 e. The van der Waals surface area contributed by atoms with Gasteiger partial charge in [-0.05, 0) is 110 Å². The maximum Gasteiger partial charge on any atom is 0.274 e. The molecule has 6 aromatic carbocycles. The minimum absolute atomic E-state index is 0.0359. The van der Waals surface area contributed by atoms with Gasteiger partial charge in [-0.1, -0.05) is 236 Å². The molecule has 778 valence electrons. The summed E-state index contributed by atoms with van der Waals surface area (Å²) in [5.41, 5.74) is 10.0. The van der Waals surface area contributed by atoms with Crippen LogP contribution in [0.3, 0.4) is 0 Å². The number of aromatic nitrogens is 2. The van der Waals surface area contributed by atoms with E-state index in [0.29, 0.717) is 0 Å². The SMILES string of the molecule is CC(C)(C)/C=N/NC(=O)c1cc(Cl)c(O)c(O)c1Cl.CC(C)(C)/C=N/NC(=O)c1cc(O)c(O)c(Cl)c1.CC(C)(C)/C=N/NC(=O)c1cc(O)c(O)cc1Cl.CC(C)(C)/C=N/NC(=O)c1ccc(O)c(O)c1.CC(C)(C)/C=N/NC(=O)c1ccc(O)c(O)c1Cl.CC(C)(C)/C=N/NC(=O)c1ccc(O)c(O)c1F.CC(C)(C)CC(=O)C(=O)c1[nH]cc(O)c(=O)c1Cl.CC(C)(C)CC(=O)C(=O)c1cc(=O)c(O)c[nH]1. The minimum atomic E-state index is -1.18. The number of Topliss-reactive ketones (excluding diaryl/α,β-unsaturated/α-hetero) is 4. The van der Waals surface area contributed by atoms with Crippen LogP contribution in [0.1, 0.15) is 262 Å². The number of rotatable bonds is 18. The second-order valence-electron chi connectivity index (χ2n) is 39.5. The van der Waals surface area contributed by atoms with Gasteiger partial charge in [0.1, 0.15) is 10.7 Å². The summed E-state index contributed by atoms with van der Waals surface area (Å²) < 4.78 is 13.5. The second-order valence-corrected chi connectivity index (χ2v) is 41.9. The number of ketones is 4. The minimum Gasteiger partial charge on any atom is -0.504 e. The summed E-state index contributed by atoms with van der Waals surface area (Å²) in [5.74, 6) is -14.6. The number of benzene rings is 6. The van der Waals surface area contributed by atoms with Crippen LogP contribution in [-0.2, 0) is 9.59 Å². The lowest BCUT2D eigenvalue weighted by atomic mass is 9.88. The molecule has 0 radical (unpaired) electrons. The highest BCUT2D eigenvalue weighted by atomic mass is 35.5. The molecule has 0 atom stereocenters. The third-order valence-electron chi connectivity index (χ3n) is 15.9. The number of nitrogens with one attached hydrogen (secondary N) is 8. The van der Waals surface area contributed by atoms with E-state index in [0.717, 1.165) is 54.9 Å². The highest BCUT2D eigenvalue weighted by Crippen LogP contribution is 2.42. The van der Waals surface area contributed by atoms with Crippen molar-refractivity contribution in [2.75, 3.05) is 0 Å². The first-order valence-corrected chi connectivity index (χ1v) is 44.4. The van der Waals surface area contributed by atoms with Crippen molar-refractivity contribution in [2.24, 2.45) is 73.9 Å². The molecule has 0 bridgehead atoms. The first kappa shape index (κ1) is 127. The second kappa shape index (κ2) is 54.6. The van der Waals surface area contributed by atoms with Crippen molar-refractivity contribution in [3.05, 3.63) is 192 Å². The van der Waals surface area contributed by atoms with Crippen molar-refractivity contribution in [1.82, 2.24) is 42.5 Å². The topological polar surface area (TPSA) is 666 Å². The van der Waals surface area contributed by atoms with Gasteiger partial charge in [-0.15, -0.1) is 0 Å². The molecule has 0 unspecified atom stereocenters. The number of phenols is 12. The zero-order chi connectivity index (χ0) is 111. The average molecular weight is 2120 g/mol. The summed E-state index contributed by atoms with van der Waals surface area (Å²) in [5, 5.41) is 151. The number of carbonyl (C=O) groups is 10. The van der Waals surface area contributed by atoms with Gasteiger partial charge in [0.15, 0.2) is 86.3 Å². The third-order valence-corrected chi connectivity index (χ3v) is 17.9. The van der Waals surface area contributed by atoms with E-state index in [9.17, 15) is 108 Å². The summed E-state index contributed by atoms with van der Waals surface area (Å²) in [6, 6.07) is 15.0. The van der Waals surface area contributed by atoms with E-state index in [-0.39, 0.29) is 143 Å². The number of hydrogen-bond acceptors (Lipinski definition) is 32. The fraction of sp³-hybridized carbons (Fsp3) is 0.354. The predicted octanol–water partition coefficient (Wildman–Crippen LogP) is 17.8. The van der Waals surface area contributed by atoms with E-state index in [1.807, 2.05) is 166 Å². The maximum absolute atomic E-state index is 13.5. The molecule has 6 amide bonds. The highest BCUT2D eigenvalue weighted by Gasteiger charge is 2.29. The van der Waals surface area contributed by atoms with E-state index in [2.05, 4.69) is 73.1 Å². The van der Waals surface area contributed by atoms with Crippen LogP contribution in [0.5, 0.6) is 80.5 Å². The Bertz CT molecular complexity index is 6100. The Morgan fingerprint density at radius 1 is 0.308 bits per heavy atom. The standard InChI is InChI=1S/C12H14Cl2N2O3.3C12H15ClN2O3.C12H14ClNO4.C12H15FN2O3.C12H16N2O3.C12H15NO4/c1-12(2,3)5-15-16-11(19)6-4-7(13)9(17)10(18)8(6)14;1-12(2,3)6-14-15-11(18)7-4-9(16)10(17)5-8(7)13;1-12(2,3)6-14-15-11(18)7-4-8(13)10(17)9(16)5-7;1-12(2,3)6-14-15-11(18)7-4-5-8(16)10(17)9(7)13;1-12(2,3)4-6(15)11(18)9-8(13)10(17)7(16)5-14-9;1-12(2,3)6-14-15-11(18)7-4-5-8(16)10(17)9(7)13;1-12(2,3)7-13-14-11(17)8-4-5-9(15)10(16)6-8;1-12(2,3)5-9(15)11(17)7-4-8(14)10(16)6-13-7/h4-5,17-18H,1-3H3,(H,16,19);3*4-6,16-17H,1-3H3,(H,15,18);5,16H,4H2,1-3H3,(H,14,17);4-6,16-17H,1-3H3,(H,15,18);4-7,15-16H,1-3H3,(H,14,17);4,6,16H,5H2,1-3H3,(H,13,14)/b15-5+;3*14-6+;;14-6+;13-7+;. The molecule has 0 saturated carbocycles. The van der Waals surface area contributed by atoms with Crippen LogP contribution >= 0.6 is 69.6 Å². The quantitative estimate of drug-likeness (QED) is 0.0125. The number of phenolic OH excluding ortho intramolecular Hbond substituents is 12. The Hall–Kier alpha value is -14.4. The monoisotopic (exact) mass is 2110 g/mol. The first-order valence-electron chi connectivity index (χ1n) is 42.1. The van der Waals surface area contributed by atoms with Crippen molar-refractivity contribution >= 4 is 165 Å². The number of carbonyl (C=O) groups excluding carboxylic acids is 10. The molecule has 0 saturated heterocycles. The Morgan fingerprint density at radius 3 is 1.06 bits per heavy atom. The number of amides is 6. The Morgan fingerprint density at radius 2 is 0.650 bits per heavy atom. The van der Waals surface area contributed by atoms with Gasteiger partial charge in [0.05, 0.1) is 53.1 Å². The van der Waals surface area contributed by atoms with Crippen molar-refractivity contribution < 1.29 is 124 Å². The molecule has 0 aliphatic carbocycles. The molecule has 0 aliphatic heterocycles. The number of hydrogen-bond donors (Lipinski definition) is 22. The van der Waals surface area contributed by atoms with Crippen molar-refractivity contribution in [3.8, 4) is 80.5 Å². The van der Waals surface area contributed by atoms with Crippen molar-refractivity contribution in [3.63, 3.8) is 0 Å². The van der Waals surface area contributed by atoms with Crippen molar-refractivity contribution in [1.29, 1.82) is 0 Å². The zero-order valence-corrected chi connectivity index (χ0v) is 87.1. The number of pyridine rings is 2. The van der Waals surface area contributed by atoms with Crippen LogP contribution in [0.4, 0.5) is 4.39 Å². The van der Waals surface area contributed by atoms with Crippen molar-refractivity contribution in [2.45, 2.75) is 179 Å². The Balaban J connectivity index is 0.000000817. The summed E-state index contributed by atoms with van der Waals surface area (Å²) in [4.78, 5) is 144. The number of halogens is 7. The van der Waals surface area contributed by atoms with Crippen LogP contribution in [0, 0.1) is 49.1 Å². The number of nitrogens with zero attached hydrogens (tertiary/aromatic N) is 6. The normalized spacial score (nSPS) is 11.7. The van der Waals surface area contributed by atoms with Gasteiger partial charge in [-0.2, -0.15) is 30.6 Å². The molecule has 40 nitrogen and oxygen atoms in total. The van der Waals surface area contributed by atoms with Gasteiger partial charge < -0.3 is 81.5 Å². The average Bonchev–Trinajstić information content (AvgIpc) is 0.827. The molecule has 0 spiro atoms. The Kier molecular flexibility index (Phi) is 48.3. The maximum atomic E-state index is 13.5. The van der Waals surface area contributed by atoms with E-state index >= 15 is 0 Å². The number of H-pyrrole nitrogens is 2. The van der Waals surface area contributed by atoms with Crippen LogP contribution in [0.25, 0.3) is 0 Å². The summed E-state index contributed by atoms with van der Waals surface area (Å²) >= 11 is 34.2. The summed E-state index contributed by atoms with van der Waals surface area (Å²) in [6.45, 7) is 45.7. The van der Waals surface area contributed by atoms with Gasteiger partial charge >= 0.3 is 0 Å². The van der Waals surface area contributed by atoms with Crippen LogP contribution in [-0.4, -0.2) is 177 Å². The zero-order valence-electron chi connectivity index (χ0n) is 82.5. The molecule has 0 aliphatic rings. The van der Waals surface area contributed by atoms with Crippen LogP contribution in [0.2, 0.25) is 30.1 Å². The fourth-order valence-corrected chi connectivity index (χ4v) is 10.4. The lowest BCUT2D eigenvalue weighted by Crippen LogP contribution is -2.23. The summed E-state index contributed by atoms with van der Waals surface area (Å²) in [7, 11) is 0. The lowest BCUT2D eigenvalue weighted by molar-refractivity contribution is -0.117. The molecule has 8 rings (SSSR count). The molecular weight excluding hydrogens is 2000 g/mol. The van der Waals surface area contributed by atoms with E-state index < -0.39 is 143 Å². The summed E-state index contributed by atoms with van der Waals surface area (Å²) in [6.07, 6.45) is 11.5. The molecule has 0 fully saturated rings. The van der Waals surface area contributed by atoms with Crippen LogP contribution in [0.15, 0.2) is 131 Å². The van der Waals surface area contributed by atoms with E-state index in [1.54, 1.807) is 31.1 Å². The molecule has 2 aromatic heterocycles. The molecule has 143 heavy (non-hydrogen) atoms. The Labute approximate surface area is 852 Å². The molecule has 8 aromatic rings. The van der Waals surface area contributed by atoms with Gasteiger partial charge in [0, 0.05) is 85.8 Å². The first-order chi connectivity index (χ1) is 65.1. The number of aromatic hydroxyl groups is 14. The third kappa shape index (κ3) is 47.2. The number of aromatic amines is 2. The predicted molar refractivity (Wildman–Crippen MR) is 545 cm³/mol. The lowest BCUT2D eigenvalue weighted by Gasteiger charge is -2.16. The van der Waals surface area contributed by atoms with Gasteiger partial charge in [0.2, 0.25) is 34.0 Å². The largest absolute Gasteiger partial charge is 0.504 e. The van der Waals surface area contributed by atoms with Gasteiger partial charge in [-0.25, -0.2) is 36.9 Å². The highest BCUT2D eigenvalue weighted by molar-refractivity contribution is 6.47. The molecule has 47 heteroatoms. The fourth-order valence-electron chi connectivity index (χ4n) is 9.08. The molecule has 2 heterocycles. The van der Waals surface area contributed by atoms with E-state index in [1.165, 1.54) is 42.6 Å². The van der Waals surface area contributed by atoms with Gasteiger partial charge in [0.25, 0.3) is 35.4 Å². The number of hydrazone groups is 6. The van der Waals surface area contributed by atoms with E-state index in [4.69, 9.17) is 95.1 Å². The van der Waals surface area contributed by atoms with Crippen LogP contribution < -0.4 is 43.4 Å². The molecular formula is C96H119Cl6FN14O26. The molecule has 22 N–H and O–H groups in total. The van der Waals surface area contributed by atoms with Gasteiger partial charge in [-0.3, -0.25) is 57.5 Å².